The summed E-state index contributed by atoms with van der Waals surface area (Å²) in [4.78, 5) is 26.9. The molecule has 10 aliphatic rings. The number of ether oxygens (including phenoxy) is 2. The lowest BCUT2D eigenvalue weighted by Gasteiger charge is -2.49. The van der Waals surface area contributed by atoms with E-state index in [1.165, 1.54) is 38.5 Å². The average molecular weight is 431 g/mol. The summed E-state index contributed by atoms with van der Waals surface area (Å²) in [6.07, 6.45) is 15.0. The van der Waals surface area contributed by atoms with Crippen molar-refractivity contribution in [2.75, 3.05) is 0 Å². The van der Waals surface area contributed by atoms with Crippen LogP contribution >= 0.6 is 0 Å². The molecule has 0 aromatic carbocycles. The lowest BCUT2D eigenvalue weighted by Crippen LogP contribution is -2.42. The van der Waals surface area contributed by atoms with Gasteiger partial charge in [-0.2, -0.15) is 0 Å². The molecule has 2 aliphatic heterocycles. The van der Waals surface area contributed by atoms with Crippen LogP contribution in [0.25, 0.3) is 0 Å². The van der Waals surface area contributed by atoms with Gasteiger partial charge in [-0.05, 0) is 123 Å². The molecule has 10 rings (SSSR count). The first-order chi connectivity index (χ1) is 15.4. The molecule has 4 nitrogen and oxygen atoms in total. The van der Waals surface area contributed by atoms with E-state index in [4.69, 9.17) is 9.47 Å². The van der Waals surface area contributed by atoms with E-state index in [1.807, 2.05) is 0 Å². The van der Waals surface area contributed by atoms with Crippen molar-refractivity contribution in [3.05, 3.63) is 22.7 Å². The first-order valence-corrected chi connectivity index (χ1v) is 13.4. The Morgan fingerprint density at radius 3 is 1.50 bits per heavy atom. The fourth-order valence-electron chi connectivity index (χ4n) is 13.0. The number of carbonyl (C=O) groups is 2. The summed E-state index contributed by atoms with van der Waals surface area (Å²) in [5, 5.41) is 0. The van der Waals surface area contributed by atoms with Gasteiger partial charge in [0.05, 0.1) is 0 Å². The zero-order chi connectivity index (χ0) is 20.8. The Morgan fingerprint density at radius 2 is 1.03 bits per heavy atom. The average Bonchev–Trinajstić information content (AvgIpc) is 3.46. The molecule has 0 aromatic rings. The number of rotatable bonds is 2. The Balaban J connectivity index is 1.14. The third-order valence-corrected chi connectivity index (χ3v) is 13.4. The third kappa shape index (κ3) is 1.47. The van der Waals surface area contributed by atoms with E-state index in [1.54, 1.807) is 0 Å². The molecule has 0 saturated heterocycles. The maximum atomic E-state index is 13.4. The second-order valence-corrected chi connectivity index (χ2v) is 14.3. The van der Waals surface area contributed by atoms with E-state index >= 15 is 0 Å². The molecule has 0 N–H and O–H groups in total. The lowest BCUT2D eigenvalue weighted by molar-refractivity contribution is -0.137. The fraction of sp³-hybridized carbons (Fsp3) is 0.786. The van der Waals surface area contributed by atoms with Crippen molar-refractivity contribution in [2.24, 2.45) is 57.2 Å². The predicted octanol–water partition coefficient (Wildman–Crippen LogP) is 5.04. The highest BCUT2D eigenvalue weighted by molar-refractivity contribution is 6.14. The maximum absolute atomic E-state index is 13.4. The van der Waals surface area contributed by atoms with Gasteiger partial charge in [-0.15, -0.1) is 0 Å². The number of cyclic esters (lactones) is 2. The van der Waals surface area contributed by atoms with Crippen LogP contribution in [0.4, 0.5) is 0 Å². The van der Waals surface area contributed by atoms with Gasteiger partial charge in [0, 0.05) is 10.8 Å². The number of esters is 2. The molecular weight excluding hydrogens is 400 g/mol. The Bertz CT molecular complexity index is 1060. The topological polar surface area (TPSA) is 52.6 Å². The number of allylic oxidation sites excluding steroid dienone is 2. The minimum absolute atomic E-state index is 0.0816. The number of hydrogen-bond donors (Lipinski definition) is 0. The van der Waals surface area contributed by atoms with Crippen LogP contribution in [0.3, 0.4) is 0 Å². The molecule has 2 spiro atoms. The van der Waals surface area contributed by atoms with Crippen LogP contribution in [-0.2, 0) is 19.1 Å². The highest BCUT2D eigenvalue weighted by atomic mass is 16.6. The standard InChI is InChI=1S/C28H30O4/c29-23-19-20(22(32-23)26-6-14-2-16-4-18(10-26)28(16,8-14)12-26)24(30)31-21(19)25-5-13-1-15-3-17(9-25)27(15,7-13)11-25/h13-18H,1-12H2. The largest absolute Gasteiger partial charge is 0.426 e. The quantitative estimate of drug-likeness (QED) is 0.576. The van der Waals surface area contributed by atoms with Gasteiger partial charge in [0.25, 0.3) is 0 Å². The summed E-state index contributed by atoms with van der Waals surface area (Å²) in [7, 11) is 0. The molecule has 8 fully saturated rings. The van der Waals surface area contributed by atoms with Crippen molar-refractivity contribution in [1.82, 2.24) is 0 Å². The van der Waals surface area contributed by atoms with E-state index in [-0.39, 0.29) is 22.8 Å². The molecule has 10 atom stereocenters. The molecular formula is C28H30O4. The highest BCUT2D eigenvalue weighted by Crippen LogP contribution is 2.82. The number of fused-ring (bicyclic) bond motifs is 5. The summed E-state index contributed by atoms with van der Waals surface area (Å²) in [5.41, 5.74) is 1.98. The van der Waals surface area contributed by atoms with Gasteiger partial charge in [0.2, 0.25) is 0 Å². The van der Waals surface area contributed by atoms with Gasteiger partial charge in [-0.25, -0.2) is 9.59 Å². The summed E-state index contributed by atoms with van der Waals surface area (Å²) in [6.45, 7) is 0. The van der Waals surface area contributed by atoms with Crippen molar-refractivity contribution in [3.63, 3.8) is 0 Å². The van der Waals surface area contributed by atoms with Gasteiger partial charge in [-0.3, -0.25) is 0 Å². The summed E-state index contributed by atoms with van der Waals surface area (Å²) < 4.78 is 12.3. The van der Waals surface area contributed by atoms with E-state index < -0.39 is 0 Å². The van der Waals surface area contributed by atoms with E-state index in [9.17, 15) is 9.59 Å². The normalized spacial score (nSPS) is 61.1. The van der Waals surface area contributed by atoms with Gasteiger partial charge >= 0.3 is 11.9 Å². The monoisotopic (exact) mass is 430 g/mol. The van der Waals surface area contributed by atoms with E-state index in [2.05, 4.69) is 0 Å². The molecule has 10 unspecified atom stereocenters. The second-order valence-electron chi connectivity index (χ2n) is 14.3. The molecule has 166 valence electrons. The first-order valence-electron chi connectivity index (χ1n) is 13.4. The van der Waals surface area contributed by atoms with Crippen molar-refractivity contribution in [2.45, 2.75) is 77.0 Å². The van der Waals surface area contributed by atoms with Gasteiger partial charge < -0.3 is 9.47 Å². The second kappa shape index (κ2) is 4.53. The molecule has 32 heavy (non-hydrogen) atoms. The van der Waals surface area contributed by atoms with Gasteiger partial charge in [0.1, 0.15) is 22.7 Å². The van der Waals surface area contributed by atoms with Crippen molar-refractivity contribution in [1.29, 1.82) is 0 Å². The van der Waals surface area contributed by atoms with Crippen LogP contribution in [0.5, 0.6) is 0 Å². The molecule has 2 heterocycles. The summed E-state index contributed by atoms with van der Waals surface area (Å²) in [6, 6.07) is 0. The van der Waals surface area contributed by atoms with Gasteiger partial charge in [0.15, 0.2) is 0 Å². The third-order valence-electron chi connectivity index (χ3n) is 13.4. The summed E-state index contributed by atoms with van der Waals surface area (Å²) in [5.74, 6) is 5.84. The molecule has 8 aliphatic carbocycles. The van der Waals surface area contributed by atoms with Crippen LogP contribution in [-0.4, -0.2) is 11.9 Å². The first kappa shape index (κ1) is 16.9. The van der Waals surface area contributed by atoms with Gasteiger partial charge in [-0.1, -0.05) is 0 Å². The SMILES string of the molecule is O=C1OC(C23CC4CC5CC(C2)C5(C4)C3)=C2C(=O)OC(C34CC5CC6CC(C3)C6(C5)C4)=C12. The predicted molar refractivity (Wildman–Crippen MR) is 112 cm³/mol. The summed E-state index contributed by atoms with van der Waals surface area (Å²) >= 11 is 0. The number of hydrogen-bond acceptors (Lipinski definition) is 4. The Kier molecular flexibility index (Phi) is 2.40. The molecule has 0 aromatic heterocycles. The maximum Gasteiger partial charge on any atom is 0.347 e. The zero-order valence-corrected chi connectivity index (χ0v) is 18.6. The minimum Gasteiger partial charge on any atom is -0.426 e. The molecule has 4 heteroatoms. The molecule has 0 radical (unpaired) electrons. The smallest absolute Gasteiger partial charge is 0.347 e. The van der Waals surface area contributed by atoms with Crippen molar-refractivity contribution in [3.8, 4) is 0 Å². The molecule has 8 saturated carbocycles. The van der Waals surface area contributed by atoms with Crippen molar-refractivity contribution >= 4 is 11.9 Å². The van der Waals surface area contributed by atoms with E-state index in [0.29, 0.717) is 22.0 Å². The Morgan fingerprint density at radius 1 is 0.562 bits per heavy atom. The Hall–Kier alpha value is -1.58. The van der Waals surface area contributed by atoms with E-state index in [0.717, 1.165) is 85.6 Å². The highest BCUT2D eigenvalue weighted by Gasteiger charge is 2.75. The minimum atomic E-state index is -0.267. The molecule has 6 bridgehead atoms. The Labute approximate surface area is 188 Å². The van der Waals surface area contributed by atoms with Crippen molar-refractivity contribution < 1.29 is 19.1 Å². The molecule has 0 amide bonds. The zero-order valence-electron chi connectivity index (χ0n) is 18.6. The lowest BCUT2D eigenvalue weighted by atomic mass is 9.55. The van der Waals surface area contributed by atoms with Crippen LogP contribution in [0.1, 0.15) is 77.0 Å². The number of carbonyl (C=O) groups excluding carboxylic acids is 2. The van der Waals surface area contributed by atoms with Crippen LogP contribution in [0.15, 0.2) is 22.7 Å². The fourth-order valence-corrected chi connectivity index (χ4v) is 13.0. The van der Waals surface area contributed by atoms with Crippen LogP contribution in [0.2, 0.25) is 0 Å². The van der Waals surface area contributed by atoms with Crippen LogP contribution < -0.4 is 0 Å². The van der Waals surface area contributed by atoms with Crippen LogP contribution in [0, 0.1) is 57.2 Å².